The molecule has 0 spiro atoms. The van der Waals surface area contributed by atoms with Gasteiger partial charge in [-0.15, -0.1) is 0 Å². The molecular formula is C19H23FN2. The fourth-order valence-electron chi connectivity index (χ4n) is 3.29. The van der Waals surface area contributed by atoms with Crippen LogP contribution in [0.2, 0.25) is 0 Å². The molecule has 1 aliphatic rings. The lowest BCUT2D eigenvalue weighted by atomic mass is 9.90. The molecule has 0 saturated heterocycles. The van der Waals surface area contributed by atoms with Crippen LogP contribution >= 0.6 is 0 Å². The number of fused-ring (bicyclic) bond motifs is 1. The molecule has 22 heavy (non-hydrogen) atoms. The molecule has 116 valence electrons. The van der Waals surface area contributed by atoms with E-state index in [0.29, 0.717) is 6.04 Å². The van der Waals surface area contributed by atoms with Crippen LogP contribution in [0, 0.1) is 5.82 Å². The molecule has 0 aliphatic carbocycles. The summed E-state index contributed by atoms with van der Waals surface area (Å²) in [4.78, 5) is 2.53. The summed E-state index contributed by atoms with van der Waals surface area (Å²) >= 11 is 0. The highest BCUT2D eigenvalue weighted by Gasteiger charge is 2.25. The van der Waals surface area contributed by atoms with E-state index in [1.165, 1.54) is 16.7 Å². The number of benzene rings is 2. The Morgan fingerprint density at radius 2 is 1.77 bits per heavy atom. The van der Waals surface area contributed by atoms with E-state index in [9.17, 15) is 4.39 Å². The Kier molecular flexibility index (Phi) is 4.86. The van der Waals surface area contributed by atoms with Crippen molar-refractivity contribution in [3.8, 4) is 0 Å². The topological polar surface area (TPSA) is 29.3 Å². The quantitative estimate of drug-likeness (QED) is 0.919. The van der Waals surface area contributed by atoms with E-state index in [1.807, 2.05) is 12.1 Å². The molecular weight excluding hydrogens is 275 g/mol. The Labute approximate surface area is 131 Å². The molecule has 2 N–H and O–H groups in total. The monoisotopic (exact) mass is 298 g/mol. The lowest BCUT2D eigenvalue weighted by molar-refractivity contribution is 0.169. The zero-order valence-corrected chi connectivity index (χ0v) is 12.8. The Hall–Kier alpha value is -1.71. The van der Waals surface area contributed by atoms with Gasteiger partial charge in [-0.2, -0.15) is 0 Å². The normalized spacial score (nSPS) is 18.2. The Balaban J connectivity index is 1.78. The van der Waals surface area contributed by atoms with Crippen molar-refractivity contribution in [2.45, 2.75) is 31.8 Å². The average molecular weight is 298 g/mol. The zero-order valence-electron chi connectivity index (χ0n) is 12.8. The Bertz CT molecular complexity index is 609. The minimum absolute atomic E-state index is 0.169. The second kappa shape index (κ2) is 7.03. The molecule has 1 heterocycles. The molecule has 0 fully saturated rings. The van der Waals surface area contributed by atoms with Gasteiger partial charge in [-0.25, -0.2) is 4.39 Å². The molecule has 3 heteroatoms. The first-order chi connectivity index (χ1) is 10.8. The minimum Gasteiger partial charge on any atom is -0.330 e. The second-order valence-corrected chi connectivity index (χ2v) is 6.07. The summed E-state index contributed by atoms with van der Waals surface area (Å²) in [5.41, 5.74) is 9.75. The van der Waals surface area contributed by atoms with E-state index in [-0.39, 0.29) is 5.82 Å². The molecule has 1 aliphatic heterocycles. The van der Waals surface area contributed by atoms with E-state index < -0.39 is 0 Å². The molecule has 2 aromatic carbocycles. The van der Waals surface area contributed by atoms with E-state index in [2.05, 4.69) is 29.2 Å². The summed E-state index contributed by atoms with van der Waals surface area (Å²) in [5.74, 6) is -0.169. The van der Waals surface area contributed by atoms with E-state index in [4.69, 9.17) is 5.73 Å². The highest BCUT2D eigenvalue weighted by Crippen LogP contribution is 2.25. The van der Waals surface area contributed by atoms with Crippen molar-refractivity contribution in [3.63, 3.8) is 0 Å². The van der Waals surface area contributed by atoms with Gasteiger partial charge in [0, 0.05) is 19.1 Å². The van der Waals surface area contributed by atoms with Crippen molar-refractivity contribution >= 4 is 0 Å². The zero-order chi connectivity index (χ0) is 15.4. The third-order valence-corrected chi connectivity index (χ3v) is 4.50. The first kappa shape index (κ1) is 15.2. The predicted octanol–water partition coefficient (Wildman–Crippen LogP) is 3.14. The molecule has 1 unspecified atom stereocenters. The van der Waals surface area contributed by atoms with Gasteiger partial charge >= 0.3 is 0 Å². The fraction of sp³-hybridized carbons (Fsp3) is 0.368. The SMILES string of the molecule is NCCCN1Cc2ccccc2CC1Cc1ccc(F)cc1. The first-order valence-electron chi connectivity index (χ1n) is 8.01. The van der Waals surface area contributed by atoms with Gasteiger partial charge in [0.2, 0.25) is 0 Å². The van der Waals surface area contributed by atoms with Gasteiger partial charge in [0.05, 0.1) is 0 Å². The van der Waals surface area contributed by atoms with Gasteiger partial charge in [-0.05, 0) is 54.6 Å². The van der Waals surface area contributed by atoms with Crippen LogP contribution in [0.4, 0.5) is 4.39 Å². The summed E-state index contributed by atoms with van der Waals surface area (Å²) < 4.78 is 13.1. The van der Waals surface area contributed by atoms with Gasteiger partial charge in [0.15, 0.2) is 0 Å². The largest absolute Gasteiger partial charge is 0.330 e. The standard InChI is InChI=1S/C19H23FN2/c20-18-8-6-15(7-9-18)12-19-13-16-4-1-2-5-17(16)14-22(19)11-3-10-21/h1-2,4-9,19H,3,10-14,21H2. The summed E-state index contributed by atoms with van der Waals surface area (Å²) in [7, 11) is 0. The van der Waals surface area contributed by atoms with E-state index >= 15 is 0 Å². The van der Waals surface area contributed by atoms with Crippen LogP contribution in [0.5, 0.6) is 0 Å². The lowest BCUT2D eigenvalue weighted by Crippen LogP contribution is -2.42. The molecule has 0 bridgehead atoms. The maximum Gasteiger partial charge on any atom is 0.123 e. The minimum atomic E-state index is -0.169. The van der Waals surface area contributed by atoms with Crippen molar-refractivity contribution in [2.24, 2.45) is 5.73 Å². The molecule has 0 amide bonds. The van der Waals surface area contributed by atoms with Crippen LogP contribution in [-0.2, 0) is 19.4 Å². The molecule has 0 radical (unpaired) electrons. The van der Waals surface area contributed by atoms with Crippen molar-refractivity contribution in [1.82, 2.24) is 4.90 Å². The Morgan fingerprint density at radius 1 is 1.05 bits per heavy atom. The summed E-state index contributed by atoms with van der Waals surface area (Å²) in [6.45, 7) is 2.74. The van der Waals surface area contributed by atoms with Gasteiger partial charge in [-0.1, -0.05) is 36.4 Å². The van der Waals surface area contributed by atoms with Crippen LogP contribution < -0.4 is 5.73 Å². The van der Waals surface area contributed by atoms with Gasteiger partial charge in [-0.3, -0.25) is 4.90 Å². The predicted molar refractivity (Wildman–Crippen MR) is 88.1 cm³/mol. The number of rotatable bonds is 5. The fourth-order valence-corrected chi connectivity index (χ4v) is 3.29. The van der Waals surface area contributed by atoms with E-state index in [1.54, 1.807) is 12.1 Å². The summed E-state index contributed by atoms with van der Waals surface area (Å²) in [5, 5.41) is 0. The molecule has 0 saturated carbocycles. The molecule has 2 nitrogen and oxygen atoms in total. The highest BCUT2D eigenvalue weighted by atomic mass is 19.1. The summed E-state index contributed by atoms with van der Waals surface area (Å²) in [6.07, 6.45) is 3.03. The van der Waals surface area contributed by atoms with Crippen LogP contribution in [0.1, 0.15) is 23.1 Å². The molecule has 0 aromatic heterocycles. The maximum absolute atomic E-state index is 13.1. The van der Waals surface area contributed by atoms with Crippen LogP contribution in [-0.4, -0.2) is 24.0 Å². The van der Waals surface area contributed by atoms with Gasteiger partial charge in [0.25, 0.3) is 0 Å². The van der Waals surface area contributed by atoms with Crippen LogP contribution in [0.15, 0.2) is 48.5 Å². The average Bonchev–Trinajstić information content (AvgIpc) is 2.55. The van der Waals surface area contributed by atoms with Gasteiger partial charge < -0.3 is 5.73 Å². The first-order valence-corrected chi connectivity index (χ1v) is 8.01. The lowest BCUT2D eigenvalue weighted by Gasteiger charge is -2.37. The van der Waals surface area contributed by atoms with Crippen LogP contribution in [0.25, 0.3) is 0 Å². The second-order valence-electron chi connectivity index (χ2n) is 6.07. The molecule has 2 aromatic rings. The number of halogens is 1. The van der Waals surface area contributed by atoms with Crippen molar-refractivity contribution in [1.29, 1.82) is 0 Å². The third kappa shape index (κ3) is 3.54. The number of nitrogens with zero attached hydrogens (tertiary/aromatic N) is 1. The molecule has 3 rings (SSSR count). The van der Waals surface area contributed by atoms with Crippen molar-refractivity contribution in [3.05, 3.63) is 71.0 Å². The smallest absolute Gasteiger partial charge is 0.123 e. The summed E-state index contributed by atoms with van der Waals surface area (Å²) in [6, 6.07) is 16.0. The van der Waals surface area contributed by atoms with Crippen molar-refractivity contribution < 1.29 is 4.39 Å². The highest BCUT2D eigenvalue weighted by molar-refractivity contribution is 5.31. The van der Waals surface area contributed by atoms with Gasteiger partial charge in [0.1, 0.15) is 5.82 Å². The third-order valence-electron chi connectivity index (χ3n) is 4.50. The number of hydrogen-bond acceptors (Lipinski definition) is 2. The number of nitrogens with two attached hydrogens (primary N) is 1. The Morgan fingerprint density at radius 3 is 2.50 bits per heavy atom. The van der Waals surface area contributed by atoms with Crippen LogP contribution in [0.3, 0.4) is 0 Å². The molecule has 1 atom stereocenters. The van der Waals surface area contributed by atoms with Crippen molar-refractivity contribution in [2.75, 3.05) is 13.1 Å². The number of hydrogen-bond donors (Lipinski definition) is 1. The van der Waals surface area contributed by atoms with E-state index in [0.717, 1.165) is 38.9 Å². The maximum atomic E-state index is 13.1.